The first-order valence-electron chi connectivity index (χ1n) is 14.0. The molecule has 4 aromatic carbocycles. The molecule has 0 spiro atoms. The number of benzene rings is 4. The second-order valence-electron chi connectivity index (χ2n) is 10.9. The standard InChI is InChI=1S/C33H25F6N3O5S/c1-18-40-31(47-42-18)28(13-19-3-5-20(6-4-19)21-7-10-26(11-8-21)48(2,45)46)41-30(44)27-16-22(9-12-29(27)43)23-14-24(32(34,35)36)17-25(15-23)33(37,38)39/h3-12,14-17,28,43H,13H2,1-2H3,(H,41,44)/t28-/m1/s1. The first kappa shape index (κ1) is 34.2. The lowest BCUT2D eigenvalue weighted by molar-refractivity contribution is -0.143. The van der Waals surface area contributed by atoms with Crippen LogP contribution >= 0.6 is 0 Å². The summed E-state index contributed by atoms with van der Waals surface area (Å²) in [5.41, 5.74) is -1.92. The minimum absolute atomic E-state index is 0.00426. The van der Waals surface area contributed by atoms with Crippen LogP contribution in [0.15, 0.2) is 94.3 Å². The highest BCUT2D eigenvalue weighted by molar-refractivity contribution is 7.90. The number of rotatable bonds is 8. The van der Waals surface area contributed by atoms with Crippen LogP contribution in [0, 0.1) is 6.92 Å². The van der Waals surface area contributed by atoms with Crippen molar-refractivity contribution in [1.29, 1.82) is 0 Å². The number of phenols is 1. The lowest BCUT2D eigenvalue weighted by Crippen LogP contribution is -2.30. The molecule has 250 valence electrons. The van der Waals surface area contributed by atoms with Gasteiger partial charge in [0.25, 0.3) is 5.91 Å². The van der Waals surface area contributed by atoms with Crippen molar-refractivity contribution in [3.05, 3.63) is 119 Å². The molecule has 0 aliphatic carbocycles. The fourth-order valence-electron chi connectivity index (χ4n) is 4.87. The van der Waals surface area contributed by atoms with Gasteiger partial charge in [0.05, 0.1) is 21.6 Å². The maximum absolute atomic E-state index is 13.5. The Kier molecular flexibility index (Phi) is 9.10. The van der Waals surface area contributed by atoms with Crippen LogP contribution in [0.4, 0.5) is 26.3 Å². The van der Waals surface area contributed by atoms with Gasteiger partial charge in [-0.1, -0.05) is 47.6 Å². The number of nitrogens with one attached hydrogen (secondary N) is 1. The Balaban J connectivity index is 1.43. The number of aryl methyl sites for hydroxylation is 1. The number of amides is 1. The highest BCUT2D eigenvalue weighted by Gasteiger charge is 2.37. The van der Waals surface area contributed by atoms with Gasteiger partial charge in [0.15, 0.2) is 15.7 Å². The van der Waals surface area contributed by atoms with Crippen molar-refractivity contribution in [2.45, 2.75) is 36.6 Å². The van der Waals surface area contributed by atoms with Gasteiger partial charge < -0.3 is 14.9 Å². The number of sulfone groups is 1. The molecule has 5 aromatic rings. The fraction of sp³-hybridized carbons (Fsp3) is 0.182. The maximum Gasteiger partial charge on any atom is 0.416 e. The number of aromatic hydroxyl groups is 1. The minimum atomic E-state index is -5.08. The van der Waals surface area contributed by atoms with Gasteiger partial charge in [-0.05, 0) is 77.2 Å². The van der Waals surface area contributed by atoms with Gasteiger partial charge in [0.2, 0.25) is 5.89 Å². The summed E-state index contributed by atoms with van der Waals surface area (Å²) in [7, 11) is -3.36. The first-order valence-corrected chi connectivity index (χ1v) is 15.9. The van der Waals surface area contributed by atoms with Crippen LogP contribution < -0.4 is 5.32 Å². The summed E-state index contributed by atoms with van der Waals surface area (Å²) in [5.74, 6) is -1.23. The van der Waals surface area contributed by atoms with E-state index in [2.05, 4.69) is 15.5 Å². The van der Waals surface area contributed by atoms with Crippen LogP contribution in [0.3, 0.4) is 0 Å². The summed E-state index contributed by atoms with van der Waals surface area (Å²) in [6.07, 6.45) is -8.95. The van der Waals surface area contributed by atoms with E-state index in [1.165, 1.54) is 12.1 Å². The number of phenolic OH excluding ortho intramolecular Hbond substituents is 1. The molecular formula is C33H25F6N3O5S. The van der Waals surface area contributed by atoms with Crippen LogP contribution in [-0.4, -0.2) is 35.8 Å². The predicted molar refractivity (Wildman–Crippen MR) is 161 cm³/mol. The molecule has 0 bridgehead atoms. The van der Waals surface area contributed by atoms with E-state index < -0.39 is 62.1 Å². The minimum Gasteiger partial charge on any atom is -0.507 e. The Morgan fingerprint density at radius 3 is 1.85 bits per heavy atom. The highest BCUT2D eigenvalue weighted by atomic mass is 32.2. The van der Waals surface area contributed by atoms with Gasteiger partial charge in [0.1, 0.15) is 11.8 Å². The SMILES string of the molecule is Cc1noc([C@@H](Cc2ccc(-c3ccc(S(C)(=O)=O)cc3)cc2)NC(=O)c2cc(-c3cc(C(F)(F)F)cc(C(F)(F)F)c3)ccc2O)n1. The smallest absolute Gasteiger partial charge is 0.416 e. The summed E-state index contributed by atoms with van der Waals surface area (Å²) in [6.45, 7) is 1.55. The number of alkyl halides is 6. The number of carbonyl (C=O) groups excluding carboxylic acids is 1. The normalized spacial score (nSPS) is 12.9. The van der Waals surface area contributed by atoms with E-state index in [4.69, 9.17) is 4.52 Å². The first-order chi connectivity index (χ1) is 22.4. The van der Waals surface area contributed by atoms with Gasteiger partial charge in [-0.3, -0.25) is 4.79 Å². The summed E-state index contributed by atoms with van der Waals surface area (Å²) < 4.78 is 110. The van der Waals surface area contributed by atoms with E-state index in [1.807, 2.05) is 0 Å². The van der Waals surface area contributed by atoms with Gasteiger partial charge in [-0.25, -0.2) is 8.42 Å². The van der Waals surface area contributed by atoms with E-state index >= 15 is 0 Å². The lowest BCUT2D eigenvalue weighted by Gasteiger charge is -2.17. The number of aromatic nitrogens is 2. The predicted octanol–water partition coefficient (Wildman–Crippen LogP) is 7.57. The molecule has 0 unspecified atom stereocenters. The molecule has 1 aromatic heterocycles. The zero-order valence-electron chi connectivity index (χ0n) is 25.0. The van der Waals surface area contributed by atoms with Crippen LogP contribution in [0.2, 0.25) is 0 Å². The summed E-state index contributed by atoms with van der Waals surface area (Å²) in [4.78, 5) is 17.8. The quantitative estimate of drug-likeness (QED) is 0.161. The monoisotopic (exact) mass is 689 g/mol. The fourth-order valence-corrected chi connectivity index (χ4v) is 5.50. The van der Waals surface area contributed by atoms with Crippen molar-refractivity contribution in [2.24, 2.45) is 0 Å². The van der Waals surface area contributed by atoms with Crippen LogP contribution in [-0.2, 0) is 28.6 Å². The molecule has 48 heavy (non-hydrogen) atoms. The summed E-state index contributed by atoms with van der Waals surface area (Å²) >= 11 is 0. The van der Waals surface area contributed by atoms with Crippen molar-refractivity contribution in [3.8, 4) is 28.0 Å². The van der Waals surface area contributed by atoms with Gasteiger partial charge in [-0.15, -0.1) is 0 Å². The Labute approximate surface area is 270 Å². The maximum atomic E-state index is 13.5. The van der Waals surface area contributed by atoms with Gasteiger partial charge in [0, 0.05) is 12.7 Å². The van der Waals surface area contributed by atoms with Crippen molar-refractivity contribution >= 4 is 15.7 Å². The number of hydrogen-bond donors (Lipinski definition) is 2. The van der Waals surface area contributed by atoms with Crippen molar-refractivity contribution < 1.29 is 49.2 Å². The number of nitrogens with zero attached hydrogens (tertiary/aromatic N) is 2. The third-order valence-corrected chi connectivity index (χ3v) is 8.45. The lowest BCUT2D eigenvalue weighted by atomic mass is 9.97. The van der Waals surface area contributed by atoms with E-state index in [1.54, 1.807) is 43.3 Å². The third-order valence-electron chi connectivity index (χ3n) is 7.32. The molecule has 0 aliphatic heterocycles. The van der Waals surface area contributed by atoms with Gasteiger partial charge >= 0.3 is 12.4 Å². The van der Waals surface area contributed by atoms with E-state index in [-0.39, 0.29) is 34.7 Å². The number of hydrogen-bond acceptors (Lipinski definition) is 7. The Bertz CT molecular complexity index is 2040. The molecule has 0 aliphatic rings. The highest BCUT2D eigenvalue weighted by Crippen LogP contribution is 2.39. The zero-order chi connectivity index (χ0) is 35.0. The Morgan fingerprint density at radius 2 is 1.35 bits per heavy atom. The molecule has 0 saturated heterocycles. The molecule has 15 heteroatoms. The summed E-state index contributed by atoms with van der Waals surface area (Å²) in [5, 5.41) is 16.9. The molecule has 0 fully saturated rings. The Hall–Kier alpha value is -5.18. The molecule has 0 radical (unpaired) electrons. The van der Waals surface area contributed by atoms with E-state index in [0.717, 1.165) is 35.6 Å². The average molecular weight is 690 g/mol. The van der Waals surface area contributed by atoms with Crippen molar-refractivity contribution in [1.82, 2.24) is 15.5 Å². The molecule has 8 nitrogen and oxygen atoms in total. The van der Waals surface area contributed by atoms with Crippen molar-refractivity contribution in [2.75, 3.05) is 6.26 Å². The third kappa shape index (κ3) is 7.85. The molecule has 1 atom stereocenters. The summed E-state index contributed by atoms with van der Waals surface area (Å²) in [6, 6.07) is 16.5. The van der Waals surface area contributed by atoms with Crippen LogP contribution in [0.25, 0.3) is 22.3 Å². The van der Waals surface area contributed by atoms with E-state index in [9.17, 15) is 44.7 Å². The number of halogens is 6. The molecule has 1 amide bonds. The second-order valence-corrected chi connectivity index (χ2v) is 12.9. The Morgan fingerprint density at radius 1 is 0.812 bits per heavy atom. The second kappa shape index (κ2) is 12.8. The van der Waals surface area contributed by atoms with Crippen LogP contribution in [0.1, 0.15) is 44.8 Å². The zero-order valence-corrected chi connectivity index (χ0v) is 25.8. The topological polar surface area (TPSA) is 122 Å². The van der Waals surface area contributed by atoms with Crippen molar-refractivity contribution in [3.63, 3.8) is 0 Å². The average Bonchev–Trinajstić information content (AvgIpc) is 3.46. The molecule has 0 saturated carbocycles. The molecular weight excluding hydrogens is 664 g/mol. The molecule has 1 heterocycles. The molecule has 2 N–H and O–H groups in total. The van der Waals surface area contributed by atoms with Crippen LogP contribution in [0.5, 0.6) is 5.75 Å². The molecule has 5 rings (SSSR count). The largest absolute Gasteiger partial charge is 0.507 e. The van der Waals surface area contributed by atoms with Gasteiger partial charge in [-0.2, -0.15) is 31.3 Å². The van der Waals surface area contributed by atoms with E-state index in [0.29, 0.717) is 17.7 Å². The number of carbonyl (C=O) groups is 1.